The van der Waals surface area contributed by atoms with Gasteiger partial charge in [-0.25, -0.2) is 23.7 Å². The van der Waals surface area contributed by atoms with Crippen LogP contribution in [-0.2, 0) is 6.54 Å². The Labute approximate surface area is 279 Å². The Bertz CT molecular complexity index is 2050. The van der Waals surface area contributed by atoms with Crippen molar-refractivity contribution in [2.75, 3.05) is 50.0 Å². The van der Waals surface area contributed by atoms with Crippen LogP contribution in [0.4, 0.5) is 26.1 Å². The summed E-state index contributed by atoms with van der Waals surface area (Å²) in [6.45, 7) is 5.52. The number of aliphatic hydroxyl groups is 1. The fourth-order valence-electron chi connectivity index (χ4n) is 5.88. The van der Waals surface area contributed by atoms with Crippen molar-refractivity contribution >= 4 is 39.5 Å². The van der Waals surface area contributed by atoms with E-state index in [1.165, 1.54) is 23.0 Å². The van der Waals surface area contributed by atoms with Gasteiger partial charge in [-0.3, -0.25) is 19.0 Å². The summed E-state index contributed by atoms with van der Waals surface area (Å²) in [6.07, 6.45) is 3.61. The maximum Gasteiger partial charge on any atom is 0.261 e. The highest BCUT2D eigenvalue weighted by Crippen LogP contribution is 2.35. The van der Waals surface area contributed by atoms with E-state index in [-0.39, 0.29) is 6.61 Å². The number of hydrogen-bond acceptors (Lipinski definition) is 9. The number of anilines is 3. The average Bonchev–Trinajstić information content (AvgIpc) is 3.68. The van der Waals surface area contributed by atoms with E-state index in [2.05, 4.69) is 37.6 Å². The molecule has 48 heavy (non-hydrogen) atoms. The zero-order chi connectivity index (χ0) is 33.0. The summed E-state index contributed by atoms with van der Waals surface area (Å²) in [4.78, 5) is 32.4. The SMILES string of the molecule is O=C(Nc1cccc(-c2nc3sccn3c2-c2ccnc(Nc3cccc(CN4CCN(CCO)CC4)c3)n2)c1)c1c(F)cccc1F. The van der Waals surface area contributed by atoms with Gasteiger partial charge in [-0.1, -0.05) is 30.3 Å². The normalized spacial score (nSPS) is 14.0. The molecule has 244 valence electrons. The topological polar surface area (TPSA) is 111 Å². The summed E-state index contributed by atoms with van der Waals surface area (Å²) in [5, 5.41) is 17.1. The lowest BCUT2D eigenvalue weighted by Crippen LogP contribution is -2.46. The number of fused-ring (bicyclic) bond motifs is 1. The first kappa shape index (κ1) is 31.5. The lowest BCUT2D eigenvalue weighted by atomic mass is 10.1. The van der Waals surface area contributed by atoms with Crippen molar-refractivity contribution in [3.05, 3.63) is 113 Å². The summed E-state index contributed by atoms with van der Waals surface area (Å²) in [5.41, 5.74) is 4.44. The molecule has 10 nitrogen and oxygen atoms in total. The first-order chi connectivity index (χ1) is 23.4. The molecule has 0 bridgehead atoms. The number of carbonyl (C=O) groups is 1. The molecular formula is C35H32F2N8O2S. The van der Waals surface area contributed by atoms with Gasteiger partial charge in [0.05, 0.1) is 18.0 Å². The molecule has 1 aliphatic heterocycles. The molecule has 1 amide bonds. The largest absolute Gasteiger partial charge is 0.395 e. The molecule has 0 saturated carbocycles. The number of hydrogen-bond donors (Lipinski definition) is 3. The monoisotopic (exact) mass is 666 g/mol. The highest BCUT2D eigenvalue weighted by molar-refractivity contribution is 7.15. The third-order valence-electron chi connectivity index (χ3n) is 8.21. The number of β-amino-alcohol motifs (C(OH)–C–C–N with tert-alkyl or cyclic N) is 1. The summed E-state index contributed by atoms with van der Waals surface area (Å²) < 4.78 is 30.5. The highest BCUT2D eigenvalue weighted by Gasteiger charge is 2.21. The van der Waals surface area contributed by atoms with Crippen LogP contribution in [0.2, 0.25) is 0 Å². The molecule has 13 heteroatoms. The number of aliphatic hydroxyl groups excluding tert-OH is 1. The molecule has 1 aliphatic rings. The van der Waals surface area contributed by atoms with Gasteiger partial charge in [0.1, 0.15) is 22.9 Å². The number of rotatable bonds is 10. The van der Waals surface area contributed by atoms with Crippen molar-refractivity contribution < 1.29 is 18.7 Å². The van der Waals surface area contributed by atoms with Crippen LogP contribution in [0.1, 0.15) is 15.9 Å². The van der Waals surface area contributed by atoms with E-state index in [4.69, 9.17) is 9.97 Å². The quantitative estimate of drug-likeness (QED) is 0.166. The third kappa shape index (κ3) is 6.80. The number of amides is 1. The molecule has 3 aromatic carbocycles. The third-order valence-corrected chi connectivity index (χ3v) is 8.97. The summed E-state index contributed by atoms with van der Waals surface area (Å²) in [6, 6.07) is 20.3. The van der Waals surface area contributed by atoms with E-state index >= 15 is 0 Å². The van der Waals surface area contributed by atoms with Gasteiger partial charge in [0, 0.05) is 74.0 Å². The molecular weight excluding hydrogens is 635 g/mol. The van der Waals surface area contributed by atoms with Crippen LogP contribution < -0.4 is 10.6 Å². The Kier molecular flexibility index (Phi) is 9.16. The first-order valence-electron chi connectivity index (χ1n) is 15.5. The summed E-state index contributed by atoms with van der Waals surface area (Å²) in [5.74, 6) is -2.33. The second-order valence-electron chi connectivity index (χ2n) is 11.4. The first-order valence-corrected chi connectivity index (χ1v) is 16.4. The standard InChI is InChI=1S/C35H32F2N8O2S/c36-27-8-3-9-28(37)30(27)33(47)39-26-7-2-5-24(21-26)31-32(45-17-19-48-35(45)42-31)29-10-11-38-34(41-29)40-25-6-1-4-23(20-25)22-44-14-12-43(13-15-44)16-18-46/h1-11,17,19-21,46H,12-16,18,22H2,(H,39,47)(H,38,40,41). The molecule has 3 aromatic heterocycles. The molecule has 0 spiro atoms. The fourth-order valence-corrected chi connectivity index (χ4v) is 6.60. The molecule has 7 rings (SSSR count). The van der Waals surface area contributed by atoms with E-state index in [1.807, 2.05) is 40.2 Å². The molecule has 0 atom stereocenters. The van der Waals surface area contributed by atoms with Crippen LogP contribution >= 0.6 is 11.3 Å². The van der Waals surface area contributed by atoms with E-state index in [9.17, 15) is 18.7 Å². The number of imidazole rings is 1. The van der Waals surface area contributed by atoms with Gasteiger partial charge in [0.15, 0.2) is 4.96 Å². The Morgan fingerprint density at radius 2 is 1.65 bits per heavy atom. The molecule has 6 aromatic rings. The lowest BCUT2D eigenvalue weighted by Gasteiger charge is -2.34. The van der Waals surface area contributed by atoms with Gasteiger partial charge < -0.3 is 15.7 Å². The number of piperazine rings is 1. The predicted molar refractivity (Wildman–Crippen MR) is 182 cm³/mol. The van der Waals surface area contributed by atoms with Crippen LogP contribution in [0.25, 0.3) is 27.6 Å². The van der Waals surface area contributed by atoms with Crippen LogP contribution in [-0.4, -0.2) is 79.5 Å². The Hall–Kier alpha value is -5.08. The van der Waals surface area contributed by atoms with Crippen molar-refractivity contribution in [3.8, 4) is 22.6 Å². The Morgan fingerprint density at radius 1 is 0.896 bits per heavy atom. The van der Waals surface area contributed by atoms with Crippen molar-refractivity contribution in [2.45, 2.75) is 6.54 Å². The van der Waals surface area contributed by atoms with Gasteiger partial charge in [0.2, 0.25) is 5.95 Å². The second-order valence-corrected chi connectivity index (χ2v) is 12.3. The van der Waals surface area contributed by atoms with Gasteiger partial charge >= 0.3 is 0 Å². The molecule has 1 fully saturated rings. The van der Waals surface area contributed by atoms with E-state index in [1.54, 1.807) is 24.4 Å². The molecule has 0 aliphatic carbocycles. The number of benzene rings is 3. The van der Waals surface area contributed by atoms with Crippen molar-refractivity contribution in [1.82, 2.24) is 29.2 Å². The van der Waals surface area contributed by atoms with Crippen LogP contribution in [0.3, 0.4) is 0 Å². The molecule has 1 saturated heterocycles. The molecule has 4 heterocycles. The Balaban J connectivity index is 1.12. The maximum atomic E-state index is 14.3. The summed E-state index contributed by atoms with van der Waals surface area (Å²) >= 11 is 1.47. The van der Waals surface area contributed by atoms with Gasteiger partial charge in [0.25, 0.3) is 5.91 Å². The number of nitrogens with zero attached hydrogens (tertiary/aromatic N) is 6. The molecule has 0 unspecified atom stereocenters. The number of halogens is 2. The maximum absolute atomic E-state index is 14.3. The smallest absolute Gasteiger partial charge is 0.261 e. The predicted octanol–water partition coefficient (Wildman–Crippen LogP) is 5.90. The van der Waals surface area contributed by atoms with Crippen LogP contribution in [0.5, 0.6) is 0 Å². The molecule has 0 radical (unpaired) electrons. The average molecular weight is 667 g/mol. The van der Waals surface area contributed by atoms with E-state index < -0.39 is 23.1 Å². The number of thiazole rings is 1. The van der Waals surface area contributed by atoms with Gasteiger partial charge in [-0.05, 0) is 48.0 Å². The highest BCUT2D eigenvalue weighted by atomic mass is 32.1. The summed E-state index contributed by atoms with van der Waals surface area (Å²) in [7, 11) is 0. The lowest BCUT2D eigenvalue weighted by molar-refractivity contribution is 0.101. The van der Waals surface area contributed by atoms with Crippen LogP contribution in [0, 0.1) is 11.6 Å². The van der Waals surface area contributed by atoms with E-state index in [0.717, 1.165) is 67.7 Å². The van der Waals surface area contributed by atoms with Gasteiger partial charge in [-0.2, -0.15) is 0 Å². The Morgan fingerprint density at radius 3 is 2.46 bits per heavy atom. The van der Waals surface area contributed by atoms with Gasteiger partial charge in [-0.15, -0.1) is 11.3 Å². The minimum atomic E-state index is -0.937. The van der Waals surface area contributed by atoms with Crippen molar-refractivity contribution in [1.29, 1.82) is 0 Å². The van der Waals surface area contributed by atoms with E-state index in [0.29, 0.717) is 28.6 Å². The number of carbonyl (C=O) groups excluding carboxylic acids is 1. The number of nitrogens with one attached hydrogen (secondary N) is 2. The second kappa shape index (κ2) is 14.0. The number of aromatic nitrogens is 4. The van der Waals surface area contributed by atoms with Crippen molar-refractivity contribution in [2.24, 2.45) is 0 Å². The fraction of sp³-hybridized carbons (Fsp3) is 0.200. The zero-order valence-corrected chi connectivity index (χ0v) is 26.6. The molecule has 3 N–H and O–H groups in total. The zero-order valence-electron chi connectivity index (χ0n) is 25.8. The van der Waals surface area contributed by atoms with Crippen LogP contribution in [0.15, 0.2) is 90.6 Å². The van der Waals surface area contributed by atoms with Crippen molar-refractivity contribution in [3.63, 3.8) is 0 Å². The minimum absolute atomic E-state index is 0.187. The minimum Gasteiger partial charge on any atom is -0.395 e.